The Morgan fingerprint density at radius 3 is 2.77 bits per heavy atom. The van der Waals surface area contributed by atoms with Gasteiger partial charge in [0.1, 0.15) is 0 Å². The zero-order chi connectivity index (χ0) is 16.3. The molecule has 0 bridgehead atoms. The Balaban J connectivity index is 1.93. The maximum absolute atomic E-state index is 12.2. The lowest BCUT2D eigenvalue weighted by atomic mass is 9.98. The Bertz CT molecular complexity index is 586. The Morgan fingerprint density at radius 2 is 2.18 bits per heavy atom. The number of carbonyl (C=O) groups excluding carboxylic acids is 2. The summed E-state index contributed by atoms with van der Waals surface area (Å²) in [4.78, 5) is 38.0. The Hall–Kier alpha value is -2.02. The number of furan rings is 1. The molecule has 1 fully saturated rings. The summed E-state index contributed by atoms with van der Waals surface area (Å²) >= 11 is 5.61. The van der Waals surface area contributed by atoms with Gasteiger partial charge >= 0.3 is 5.97 Å². The molecular weight excluding hydrogens is 312 g/mol. The van der Waals surface area contributed by atoms with Gasteiger partial charge in [0.2, 0.25) is 5.91 Å². The first kappa shape index (κ1) is 16.4. The van der Waals surface area contributed by atoms with Crippen molar-refractivity contribution in [3.8, 4) is 0 Å². The summed E-state index contributed by atoms with van der Waals surface area (Å²) in [5.74, 6) is -2.11. The van der Waals surface area contributed by atoms with Gasteiger partial charge in [0.25, 0.3) is 5.91 Å². The molecule has 0 spiro atoms. The van der Waals surface area contributed by atoms with Crippen LogP contribution in [-0.2, 0) is 9.59 Å². The quantitative estimate of drug-likeness (QED) is 0.900. The second-order valence-corrected chi connectivity index (χ2v) is 5.65. The average molecular weight is 329 g/mol. The van der Waals surface area contributed by atoms with Crippen LogP contribution in [0.25, 0.3) is 0 Å². The van der Waals surface area contributed by atoms with E-state index in [0.717, 1.165) is 0 Å². The summed E-state index contributed by atoms with van der Waals surface area (Å²) in [6.07, 6.45) is 1.22. The van der Waals surface area contributed by atoms with E-state index in [2.05, 4.69) is 0 Å². The van der Waals surface area contributed by atoms with E-state index in [4.69, 9.17) is 21.1 Å². The van der Waals surface area contributed by atoms with Crippen molar-refractivity contribution in [3.05, 3.63) is 23.1 Å². The maximum atomic E-state index is 12.2. The van der Waals surface area contributed by atoms with Crippen LogP contribution >= 0.6 is 11.6 Å². The number of hydrogen-bond acceptors (Lipinski definition) is 4. The highest BCUT2D eigenvalue weighted by atomic mass is 35.5. The van der Waals surface area contributed by atoms with E-state index in [1.54, 1.807) is 0 Å². The molecule has 1 aliphatic rings. The highest BCUT2D eigenvalue weighted by Crippen LogP contribution is 2.18. The monoisotopic (exact) mass is 328 g/mol. The molecule has 120 valence electrons. The number of halogens is 1. The normalized spacial score (nSPS) is 18.1. The summed E-state index contributed by atoms with van der Waals surface area (Å²) in [7, 11) is 1.48. The van der Waals surface area contributed by atoms with Gasteiger partial charge in [-0.15, -0.1) is 0 Å². The molecule has 2 amide bonds. The smallest absolute Gasteiger partial charge is 0.308 e. The van der Waals surface area contributed by atoms with Crippen molar-refractivity contribution in [2.75, 3.05) is 26.7 Å². The summed E-state index contributed by atoms with van der Waals surface area (Å²) in [6, 6.07) is 2.89. The lowest BCUT2D eigenvalue weighted by molar-refractivity contribution is -0.145. The molecule has 1 unspecified atom stereocenters. The van der Waals surface area contributed by atoms with Crippen molar-refractivity contribution in [2.24, 2.45) is 5.92 Å². The summed E-state index contributed by atoms with van der Waals surface area (Å²) < 4.78 is 5.01. The molecule has 8 heteroatoms. The van der Waals surface area contributed by atoms with Gasteiger partial charge in [0.15, 0.2) is 11.0 Å². The van der Waals surface area contributed by atoms with E-state index in [1.165, 1.54) is 29.0 Å². The molecule has 1 saturated heterocycles. The number of piperidine rings is 1. The molecular formula is C14H17ClN2O5. The number of aliphatic carboxylic acids is 1. The van der Waals surface area contributed by atoms with Crippen LogP contribution < -0.4 is 0 Å². The van der Waals surface area contributed by atoms with Crippen molar-refractivity contribution in [3.63, 3.8) is 0 Å². The second kappa shape index (κ2) is 6.83. The van der Waals surface area contributed by atoms with Crippen molar-refractivity contribution in [2.45, 2.75) is 12.8 Å². The number of amides is 2. The first-order valence-corrected chi connectivity index (χ1v) is 7.27. The van der Waals surface area contributed by atoms with Crippen LogP contribution in [-0.4, -0.2) is 59.4 Å². The highest BCUT2D eigenvalue weighted by molar-refractivity contribution is 6.29. The summed E-state index contributed by atoms with van der Waals surface area (Å²) in [5, 5.41) is 9.13. The Kier molecular flexibility index (Phi) is 5.07. The van der Waals surface area contributed by atoms with Crippen molar-refractivity contribution in [1.82, 2.24) is 9.80 Å². The lowest BCUT2D eigenvalue weighted by Gasteiger charge is -2.31. The fourth-order valence-electron chi connectivity index (χ4n) is 2.40. The van der Waals surface area contributed by atoms with Gasteiger partial charge in [-0.25, -0.2) is 0 Å². The van der Waals surface area contributed by atoms with E-state index < -0.39 is 17.8 Å². The molecule has 1 atom stereocenters. The molecule has 1 N–H and O–H groups in total. The number of carbonyl (C=O) groups is 3. The van der Waals surface area contributed by atoms with Gasteiger partial charge in [0.05, 0.1) is 12.5 Å². The van der Waals surface area contributed by atoms with E-state index in [1.807, 2.05) is 0 Å². The summed E-state index contributed by atoms with van der Waals surface area (Å²) in [6.45, 7) is 0.559. The Labute approximate surface area is 132 Å². The molecule has 1 aliphatic heterocycles. The number of rotatable bonds is 4. The molecule has 0 aromatic carbocycles. The Morgan fingerprint density at radius 1 is 1.45 bits per heavy atom. The van der Waals surface area contributed by atoms with Crippen LogP contribution in [0.15, 0.2) is 16.5 Å². The van der Waals surface area contributed by atoms with Gasteiger partial charge < -0.3 is 19.3 Å². The molecule has 1 aromatic heterocycles. The number of likely N-dealkylation sites (N-methyl/N-ethyl adjacent to an activating group) is 1. The molecule has 1 aromatic rings. The van der Waals surface area contributed by atoms with Gasteiger partial charge in [-0.2, -0.15) is 0 Å². The minimum atomic E-state index is -0.896. The largest absolute Gasteiger partial charge is 0.481 e. The van der Waals surface area contributed by atoms with Crippen LogP contribution in [0.1, 0.15) is 23.4 Å². The molecule has 0 saturated carbocycles. The van der Waals surface area contributed by atoms with Crippen LogP contribution in [0.5, 0.6) is 0 Å². The van der Waals surface area contributed by atoms with Crippen LogP contribution in [0, 0.1) is 5.92 Å². The van der Waals surface area contributed by atoms with Crippen molar-refractivity contribution >= 4 is 29.4 Å². The lowest BCUT2D eigenvalue weighted by Crippen LogP contribution is -2.46. The predicted octanol–water partition coefficient (Wildman–Crippen LogP) is 1.33. The first-order valence-electron chi connectivity index (χ1n) is 6.90. The van der Waals surface area contributed by atoms with Gasteiger partial charge in [0, 0.05) is 20.1 Å². The third-order valence-corrected chi connectivity index (χ3v) is 3.83. The minimum absolute atomic E-state index is 0.0577. The molecule has 0 aliphatic carbocycles. The van der Waals surface area contributed by atoms with E-state index in [0.29, 0.717) is 19.4 Å². The van der Waals surface area contributed by atoms with Crippen molar-refractivity contribution in [1.29, 1.82) is 0 Å². The first-order chi connectivity index (χ1) is 10.4. The second-order valence-electron chi connectivity index (χ2n) is 5.28. The average Bonchev–Trinajstić information content (AvgIpc) is 2.93. The predicted molar refractivity (Wildman–Crippen MR) is 77.6 cm³/mol. The van der Waals surface area contributed by atoms with Crippen LogP contribution in [0.4, 0.5) is 0 Å². The van der Waals surface area contributed by atoms with Gasteiger partial charge in [-0.3, -0.25) is 14.4 Å². The molecule has 22 heavy (non-hydrogen) atoms. The van der Waals surface area contributed by atoms with E-state index >= 15 is 0 Å². The molecule has 7 nitrogen and oxygen atoms in total. The zero-order valence-corrected chi connectivity index (χ0v) is 12.9. The number of hydrogen-bond donors (Lipinski definition) is 1. The van der Waals surface area contributed by atoms with Gasteiger partial charge in [-0.05, 0) is 36.6 Å². The highest BCUT2D eigenvalue weighted by Gasteiger charge is 2.29. The van der Waals surface area contributed by atoms with E-state index in [9.17, 15) is 14.4 Å². The zero-order valence-electron chi connectivity index (χ0n) is 12.1. The van der Waals surface area contributed by atoms with Crippen LogP contribution in [0.2, 0.25) is 5.22 Å². The van der Waals surface area contributed by atoms with Crippen LogP contribution in [0.3, 0.4) is 0 Å². The maximum Gasteiger partial charge on any atom is 0.308 e. The molecule has 0 radical (unpaired) electrons. The SMILES string of the molecule is CN(CC(=O)N1CCCC(C(=O)O)C1)C(=O)c1ccc(Cl)o1. The molecule has 2 heterocycles. The third-order valence-electron chi connectivity index (χ3n) is 3.63. The fourth-order valence-corrected chi connectivity index (χ4v) is 2.54. The standard InChI is InChI=1S/C14H17ClN2O5/c1-16(13(19)10-4-5-11(15)22-10)8-12(18)17-6-2-3-9(7-17)14(20)21/h4-5,9H,2-3,6-8H2,1H3,(H,20,21). The van der Waals surface area contributed by atoms with Gasteiger partial charge in [-0.1, -0.05) is 0 Å². The molecule has 2 rings (SSSR count). The number of likely N-dealkylation sites (tertiary alicyclic amines) is 1. The van der Waals surface area contributed by atoms with E-state index in [-0.39, 0.29) is 30.0 Å². The minimum Gasteiger partial charge on any atom is -0.481 e. The topological polar surface area (TPSA) is 91.1 Å². The number of carboxylic acids is 1. The third kappa shape index (κ3) is 3.79. The van der Waals surface area contributed by atoms with Crippen molar-refractivity contribution < 1.29 is 23.9 Å². The number of carboxylic acid groups (broad SMARTS) is 1. The summed E-state index contributed by atoms with van der Waals surface area (Å²) in [5.41, 5.74) is 0. The number of nitrogens with zero attached hydrogens (tertiary/aromatic N) is 2. The fraction of sp³-hybridized carbons (Fsp3) is 0.500.